The van der Waals surface area contributed by atoms with Gasteiger partial charge >= 0.3 is 0 Å². The Morgan fingerprint density at radius 3 is 2.47 bits per heavy atom. The van der Waals surface area contributed by atoms with E-state index in [1.165, 1.54) is 11.1 Å². The Hall–Kier alpha value is -2.89. The molecule has 4 rings (SSSR count). The summed E-state index contributed by atoms with van der Waals surface area (Å²) in [6, 6.07) is 9.78. The monoisotopic (exact) mass is 406 g/mol. The molecule has 1 N–H and O–H groups in total. The van der Waals surface area contributed by atoms with Crippen LogP contribution in [-0.4, -0.2) is 54.4 Å². The van der Waals surface area contributed by atoms with Crippen LogP contribution in [0.1, 0.15) is 46.8 Å². The van der Waals surface area contributed by atoms with Crippen LogP contribution >= 0.6 is 0 Å². The number of pyridine rings is 1. The van der Waals surface area contributed by atoms with Crippen LogP contribution in [0.2, 0.25) is 0 Å². The van der Waals surface area contributed by atoms with Gasteiger partial charge in [-0.15, -0.1) is 0 Å². The molecule has 3 heterocycles. The number of amides is 2. The molecule has 0 saturated carbocycles. The number of aryl methyl sites for hydroxylation is 2. The minimum absolute atomic E-state index is 0.0534. The molecule has 2 atom stereocenters. The molecule has 1 aromatic carbocycles. The summed E-state index contributed by atoms with van der Waals surface area (Å²) in [6.45, 7) is 9.94. The summed E-state index contributed by atoms with van der Waals surface area (Å²) in [6.07, 6.45) is 2.87. The van der Waals surface area contributed by atoms with Crippen molar-refractivity contribution in [2.75, 3.05) is 37.6 Å². The zero-order valence-corrected chi connectivity index (χ0v) is 18.0. The highest BCUT2D eigenvalue weighted by molar-refractivity contribution is 5.94. The molecule has 6 nitrogen and oxygen atoms in total. The summed E-state index contributed by atoms with van der Waals surface area (Å²) in [4.78, 5) is 33.9. The fourth-order valence-electron chi connectivity index (χ4n) is 4.53. The van der Waals surface area contributed by atoms with Crippen molar-refractivity contribution in [1.29, 1.82) is 0 Å². The van der Waals surface area contributed by atoms with Crippen LogP contribution in [0, 0.1) is 12.8 Å². The number of anilines is 1. The highest BCUT2D eigenvalue weighted by Gasteiger charge is 2.33. The van der Waals surface area contributed by atoms with Crippen molar-refractivity contribution in [3.8, 4) is 0 Å². The number of carbonyl (C=O) groups excluding carboxylic acids is 2. The molecule has 2 fully saturated rings. The van der Waals surface area contributed by atoms with Gasteiger partial charge in [-0.1, -0.05) is 32.0 Å². The van der Waals surface area contributed by atoms with E-state index in [0.29, 0.717) is 25.2 Å². The third kappa shape index (κ3) is 3.91. The molecule has 158 valence electrons. The van der Waals surface area contributed by atoms with E-state index in [4.69, 9.17) is 0 Å². The molecule has 2 saturated heterocycles. The zero-order chi connectivity index (χ0) is 21.3. The van der Waals surface area contributed by atoms with E-state index < -0.39 is 0 Å². The first-order chi connectivity index (χ1) is 14.5. The third-order valence-electron chi connectivity index (χ3n) is 6.29. The van der Waals surface area contributed by atoms with E-state index >= 15 is 0 Å². The average molecular weight is 407 g/mol. The van der Waals surface area contributed by atoms with Gasteiger partial charge in [0, 0.05) is 44.5 Å². The third-order valence-corrected chi connectivity index (χ3v) is 6.29. The second kappa shape index (κ2) is 8.46. The molecule has 6 heteroatoms. The van der Waals surface area contributed by atoms with Gasteiger partial charge in [0.2, 0.25) is 5.91 Å². The topological polar surface area (TPSA) is 65.5 Å². The minimum atomic E-state index is -0.118. The molecule has 2 aromatic rings. The first kappa shape index (κ1) is 20.4. The molecule has 0 radical (unpaired) electrons. The number of rotatable bonds is 4. The lowest BCUT2D eigenvalue weighted by Gasteiger charge is -2.36. The van der Waals surface area contributed by atoms with Gasteiger partial charge in [0.1, 0.15) is 5.82 Å². The quantitative estimate of drug-likeness (QED) is 0.848. The summed E-state index contributed by atoms with van der Waals surface area (Å²) in [5, 5.41) is 2.91. The lowest BCUT2D eigenvalue weighted by Crippen LogP contribution is -2.49. The molecule has 2 amide bonds. The van der Waals surface area contributed by atoms with Crippen LogP contribution in [0.25, 0.3) is 0 Å². The Morgan fingerprint density at radius 1 is 1.17 bits per heavy atom. The van der Waals surface area contributed by atoms with Crippen LogP contribution in [0.15, 0.2) is 36.5 Å². The Kier molecular flexibility index (Phi) is 5.75. The largest absolute Gasteiger partial charge is 0.355 e. The summed E-state index contributed by atoms with van der Waals surface area (Å²) in [5.74, 6) is 1.33. The lowest BCUT2D eigenvalue weighted by atomic mass is 9.89. The summed E-state index contributed by atoms with van der Waals surface area (Å²) in [5.41, 5.74) is 4.10. The molecule has 0 aliphatic carbocycles. The van der Waals surface area contributed by atoms with Crippen LogP contribution in [0.3, 0.4) is 0 Å². The van der Waals surface area contributed by atoms with E-state index in [0.717, 1.165) is 30.9 Å². The van der Waals surface area contributed by atoms with E-state index in [2.05, 4.69) is 42.0 Å². The standard InChI is InChI=1S/C24H30N4O2/c1-4-18-13-16(2)14-25-22(18)27-9-11-28(12-10-27)24(30)20-7-5-19(6-8-20)21-17(3)15-26-23(21)29/h5-8,13-14,17,21H,4,9-12,15H2,1-3H3,(H,26,29)/t17?,21-/m1/s1. The van der Waals surface area contributed by atoms with Gasteiger partial charge in [0.05, 0.1) is 5.92 Å². The van der Waals surface area contributed by atoms with Crippen molar-refractivity contribution in [1.82, 2.24) is 15.2 Å². The first-order valence-corrected chi connectivity index (χ1v) is 10.9. The Morgan fingerprint density at radius 2 is 1.87 bits per heavy atom. The smallest absolute Gasteiger partial charge is 0.253 e. The first-order valence-electron chi connectivity index (χ1n) is 10.9. The number of hydrogen-bond acceptors (Lipinski definition) is 4. The normalized spacial score (nSPS) is 21.6. The van der Waals surface area contributed by atoms with Crippen LogP contribution < -0.4 is 10.2 Å². The number of aromatic nitrogens is 1. The van der Waals surface area contributed by atoms with Crippen molar-refractivity contribution in [2.24, 2.45) is 5.92 Å². The number of nitrogens with one attached hydrogen (secondary N) is 1. The predicted octanol–water partition coefficient (Wildman–Crippen LogP) is 2.76. The molecular formula is C24H30N4O2. The van der Waals surface area contributed by atoms with Gasteiger partial charge in [0.25, 0.3) is 5.91 Å². The summed E-state index contributed by atoms with van der Waals surface area (Å²) < 4.78 is 0. The van der Waals surface area contributed by atoms with Crippen molar-refractivity contribution >= 4 is 17.6 Å². The number of nitrogens with zero attached hydrogens (tertiary/aromatic N) is 3. The van der Waals surface area contributed by atoms with E-state index in [1.807, 2.05) is 35.4 Å². The molecule has 1 aromatic heterocycles. The van der Waals surface area contributed by atoms with Gasteiger partial charge < -0.3 is 15.1 Å². The maximum Gasteiger partial charge on any atom is 0.253 e. The van der Waals surface area contributed by atoms with E-state index in [9.17, 15) is 9.59 Å². The van der Waals surface area contributed by atoms with Crippen LogP contribution in [-0.2, 0) is 11.2 Å². The van der Waals surface area contributed by atoms with Crippen molar-refractivity contribution in [2.45, 2.75) is 33.1 Å². The molecule has 0 bridgehead atoms. The average Bonchev–Trinajstić information content (AvgIpc) is 3.11. The second-order valence-electron chi connectivity index (χ2n) is 8.45. The van der Waals surface area contributed by atoms with Gasteiger partial charge in [-0.3, -0.25) is 9.59 Å². The number of carbonyl (C=O) groups is 2. The molecule has 0 spiro atoms. The van der Waals surface area contributed by atoms with Gasteiger partial charge in [0.15, 0.2) is 0 Å². The summed E-state index contributed by atoms with van der Waals surface area (Å²) >= 11 is 0. The molecule has 2 aliphatic rings. The van der Waals surface area contributed by atoms with E-state index in [1.54, 1.807) is 0 Å². The van der Waals surface area contributed by atoms with Crippen molar-refractivity contribution in [3.05, 3.63) is 58.8 Å². The van der Waals surface area contributed by atoms with Gasteiger partial charge in [-0.05, 0) is 48.1 Å². The van der Waals surface area contributed by atoms with Gasteiger partial charge in [-0.2, -0.15) is 0 Å². The van der Waals surface area contributed by atoms with Crippen LogP contribution in [0.5, 0.6) is 0 Å². The Balaban J connectivity index is 1.40. The molecular weight excluding hydrogens is 376 g/mol. The number of hydrogen-bond donors (Lipinski definition) is 1. The zero-order valence-electron chi connectivity index (χ0n) is 18.0. The highest BCUT2D eigenvalue weighted by Crippen LogP contribution is 2.29. The highest BCUT2D eigenvalue weighted by atomic mass is 16.2. The van der Waals surface area contributed by atoms with Crippen molar-refractivity contribution in [3.63, 3.8) is 0 Å². The minimum Gasteiger partial charge on any atom is -0.355 e. The second-order valence-corrected chi connectivity index (χ2v) is 8.45. The Bertz CT molecular complexity index is 933. The lowest BCUT2D eigenvalue weighted by molar-refractivity contribution is -0.120. The maximum absolute atomic E-state index is 13.0. The summed E-state index contributed by atoms with van der Waals surface area (Å²) in [7, 11) is 0. The number of benzene rings is 1. The van der Waals surface area contributed by atoms with Crippen LogP contribution in [0.4, 0.5) is 5.82 Å². The Labute approximate surface area is 178 Å². The van der Waals surface area contributed by atoms with Crippen molar-refractivity contribution < 1.29 is 9.59 Å². The molecule has 1 unspecified atom stereocenters. The number of piperazine rings is 1. The molecule has 30 heavy (non-hydrogen) atoms. The van der Waals surface area contributed by atoms with E-state index in [-0.39, 0.29) is 23.7 Å². The fourth-order valence-corrected chi connectivity index (χ4v) is 4.53. The SMILES string of the molecule is CCc1cc(C)cnc1N1CCN(C(=O)c2ccc([C@@H]3C(=O)NCC3C)cc2)CC1. The fraction of sp³-hybridized carbons (Fsp3) is 0.458. The maximum atomic E-state index is 13.0. The molecule has 2 aliphatic heterocycles. The predicted molar refractivity (Wildman–Crippen MR) is 118 cm³/mol. The van der Waals surface area contributed by atoms with Gasteiger partial charge in [-0.25, -0.2) is 4.98 Å².